The Morgan fingerprint density at radius 1 is 1.12 bits per heavy atom. The standard InChI is InChI=1S/C19H22N4O/c1-3-21-19(22-13-16-9-7-15(12-20)8-10-16)23-14-17-5-4-6-18(11-17)24-2/h4-11H,3,13-14H2,1-2H3,(H2,21,22,23). The van der Waals surface area contributed by atoms with E-state index in [0.717, 1.165) is 29.4 Å². The van der Waals surface area contributed by atoms with Gasteiger partial charge in [0.05, 0.1) is 25.3 Å². The van der Waals surface area contributed by atoms with Crippen molar-refractivity contribution in [2.45, 2.75) is 20.0 Å². The van der Waals surface area contributed by atoms with Gasteiger partial charge < -0.3 is 15.4 Å². The molecule has 0 heterocycles. The zero-order valence-corrected chi connectivity index (χ0v) is 14.0. The molecule has 0 aliphatic carbocycles. The van der Waals surface area contributed by atoms with Crippen LogP contribution in [-0.2, 0) is 13.1 Å². The van der Waals surface area contributed by atoms with E-state index in [1.807, 2.05) is 55.5 Å². The molecule has 5 heteroatoms. The molecule has 0 amide bonds. The number of hydrogen-bond donors (Lipinski definition) is 2. The molecule has 0 bridgehead atoms. The first kappa shape index (κ1) is 17.4. The zero-order chi connectivity index (χ0) is 17.2. The molecule has 0 atom stereocenters. The molecule has 2 N–H and O–H groups in total. The summed E-state index contributed by atoms with van der Waals surface area (Å²) in [5, 5.41) is 15.4. The van der Waals surface area contributed by atoms with Gasteiger partial charge in [-0.05, 0) is 42.3 Å². The van der Waals surface area contributed by atoms with E-state index >= 15 is 0 Å². The number of nitrogens with one attached hydrogen (secondary N) is 2. The Bertz CT molecular complexity index is 717. The first-order valence-corrected chi connectivity index (χ1v) is 7.89. The lowest BCUT2D eigenvalue weighted by Gasteiger charge is -2.11. The summed E-state index contributed by atoms with van der Waals surface area (Å²) < 4.78 is 5.23. The minimum atomic E-state index is 0.569. The Morgan fingerprint density at radius 2 is 1.92 bits per heavy atom. The Hall–Kier alpha value is -3.00. The van der Waals surface area contributed by atoms with Crippen LogP contribution in [0.2, 0.25) is 0 Å². The van der Waals surface area contributed by atoms with E-state index in [1.165, 1.54) is 0 Å². The van der Waals surface area contributed by atoms with E-state index in [4.69, 9.17) is 10.00 Å². The molecule has 0 fully saturated rings. The van der Waals surface area contributed by atoms with Gasteiger partial charge in [-0.1, -0.05) is 24.3 Å². The molecule has 0 aliphatic rings. The molecular weight excluding hydrogens is 300 g/mol. The molecule has 5 nitrogen and oxygen atoms in total. The fraction of sp³-hybridized carbons (Fsp3) is 0.263. The van der Waals surface area contributed by atoms with Crippen LogP contribution in [0.15, 0.2) is 53.5 Å². The molecule has 0 spiro atoms. The molecule has 2 rings (SSSR count). The SMILES string of the molecule is CCNC(=NCc1cccc(OC)c1)NCc1ccc(C#N)cc1. The summed E-state index contributed by atoms with van der Waals surface area (Å²) in [7, 11) is 1.66. The molecular formula is C19H22N4O. The number of aliphatic imine (C=N–C) groups is 1. The first-order chi connectivity index (χ1) is 11.7. The Balaban J connectivity index is 1.98. The number of methoxy groups -OCH3 is 1. The number of ether oxygens (including phenoxy) is 1. The van der Waals surface area contributed by atoms with Crippen molar-refractivity contribution in [3.05, 3.63) is 65.2 Å². The predicted molar refractivity (Wildman–Crippen MR) is 95.8 cm³/mol. The maximum Gasteiger partial charge on any atom is 0.191 e. The fourth-order valence-corrected chi connectivity index (χ4v) is 2.17. The number of hydrogen-bond acceptors (Lipinski definition) is 3. The van der Waals surface area contributed by atoms with Crippen LogP contribution < -0.4 is 15.4 Å². The van der Waals surface area contributed by atoms with Crippen molar-refractivity contribution in [3.63, 3.8) is 0 Å². The van der Waals surface area contributed by atoms with Gasteiger partial charge in [0.1, 0.15) is 5.75 Å². The molecule has 2 aromatic rings. The summed E-state index contributed by atoms with van der Waals surface area (Å²) in [5.41, 5.74) is 2.85. The largest absolute Gasteiger partial charge is 0.497 e. The van der Waals surface area contributed by atoms with Crippen molar-refractivity contribution in [1.29, 1.82) is 5.26 Å². The summed E-state index contributed by atoms with van der Waals surface area (Å²) in [4.78, 5) is 4.59. The second-order valence-electron chi connectivity index (χ2n) is 5.21. The lowest BCUT2D eigenvalue weighted by molar-refractivity contribution is 0.414. The average molecular weight is 322 g/mol. The third kappa shape index (κ3) is 5.33. The minimum absolute atomic E-state index is 0.569. The van der Waals surface area contributed by atoms with Gasteiger partial charge in [-0.2, -0.15) is 5.26 Å². The van der Waals surface area contributed by atoms with Gasteiger partial charge in [-0.15, -0.1) is 0 Å². The first-order valence-electron chi connectivity index (χ1n) is 7.89. The van der Waals surface area contributed by atoms with Crippen LogP contribution in [0.1, 0.15) is 23.6 Å². The van der Waals surface area contributed by atoms with Gasteiger partial charge in [-0.3, -0.25) is 0 Å². The van der Waals surface area contributed by atoms with Crippen molar-refractivity contribution >= 4 is 5.96 Å². The maximum absolute atomic E-state index is 8.83. The van der Waals surface area contributed by atoms with E-state index in [-0.39, 0.29) is 0 Å². The van der Waals surface area contributed by atoms with Crippen LogP contribution in [0.3, 0.4) is 0 Å². The van der Waals surface area contributed by atoms with Gasteiger partial charge >= 0.3 is 0 Å². The number of guanidine groups is 1. The van der Waals surface area contributed by atoms with Gasteiger partial charge in [0.15, 0.2) is 5.96 Å². The number of benzene rings is 2. The molecule has 0 radical (unpaired) electrons. The van der Waals surface area contributed by atoms with Crippen molar-refractivity contribution in [1.82, 2.24) is 10.6 Å². The van der Waals surface area contributed by atoms with E-state index < -0.39 is 0 Å². The van der Waals surface area contributed by atoms with Gasteiger partial charge in [-0.25, -0.2) is 4.99 Å². The second-order valence-corrected chi connectivity index (χ2v) is 5.21. The van der Waals surface area contributed by atoms with E-state index in [1.54, 1.807) is 7.11 Å². The quantitative estimate of drug-likeness (QED) is 0.634. The highest BCUT2D eigenvalue weighted by atomic mass is 16.5. The average Bonchev–Trinajstić information content (AvgIpc) is 2.64. The Morgan fingerprint density at radius 3 is 2.58 bits per heavy atom. The smallest absolute Gasteiger partial charge is 0.191 e. The summed E-state index contributed by atoms with van der Waals surface area (Å²) >= 11 is 0. The van der Waals surface area contributed by atoms with Gasteiger partial charge in [0.25, 0.3) is 0 Å². The molecule has 0 saturated carbocycles. The number of rotatable bonds is 6. The molecule has 0 saturated heterocycles. The lowest BCUT2D eigenvalue weighted by atomic mass is 10.1. The van der Waals surface area contributed by atoms with Crippen molar-refractivity contribution < 1.29 is 4.74 Å². The monoisotopic (exact) mass is 322 g/mol. The predicted octanol–water partition coefficient (Wildman–Crippen LogP) is 2.82. The molecule has 2 aromatic carbocycles. The highest BCUT2D eigenvalue weighted by Crippen LogP contribution is 2.13. The summed E-state index contributed by atoms with van der Waals surface area (Å²) in [6.07, 6.45) is 0. The zero-order valence-electron chi connectivity index (χ0n) is 14.0. The maximum atomic E-state index is 8.83. The molecule has 0 unspecified atom stereocenters. The van der Waals surface area contributed by atoms with Crippen molar-refractivity contribution in [3.8, 4) is 11.8 Å². The molecule has 24 heavy (non-hydrogen) atoms. The fourth-order valence-electron chi connectivity index (χ4n) is 2.17. The molecule has 0 aliphatic heterocycles. The molecule has 0 aromatic heterocycles. The highest BCUT2D eigenvalue weighted by molar-refractivity contribution is 5.79. The van der Waals surface area contributed by atoms with Crippen LogP contribution in [0.4, 0.5) is 0 Å². The topological polar surface area (TPSA) is 69.4 Å². The summed E-state index contributed by atoms with van der Waals surface area (Å²) in [5.74, 6) is 1.59. The highest BCUT2D eigenvalue weighted by Gasteiger charge is 2.00. The molecule has 124 valence electrons. The second kappa shape index (κ2) is 9.21. The number of nitrogens with zero attached hydrogens (tertiary/aromatic N) is 2. The number of nitriles is 1. The van der Waals surface area contributed by atoms with Crippen molar-refractivity contribution in [2.24, 2.45) is 4.99 Å². The van der Waals surface area contributed by atoms with E-state index in [9.17, 15) is 0 Å². The van der Waals surface area contributed by atoms with E-state index in [0.29, 0.717) is 18.7 Å². The Kier molecular flexibility index (Phi) is 6.66. The van der Waals surface area contributed by atoms with Crippen LogP contribution in [0.25, 0.3) is 0 Å². The third-order valence-electron chi connectivity index (χ3n) is 3.44. The Labute approximate surface area is 143 Å². The van der Waals surface area contributed by atoms with Crippen LogP contribution in [-0.4, -0.2) is 19.6 Å². The normalized spacial score (nSPS) is 10.8. The van der Waals surface area contributed by atoms with Gasteiger partial charge in [0.2, 0.25) is 0 Å². The van der Waals surface area contributed by atoms with Crippen LogP contribution >= 0.6 is 0 Å². The van der Waals surface area contributed by atoms with Crippen molar-refractivity contribution in [2.75, 3.05) is 13.7 Å². The summed E-state index contributed by atoms with van der Waals surface area (Å²) in [6.45, 7) is 4.04. The minimum Gasteiger partial charge on any atom is -0.497 e. The lowest BCUT2D eigenvalue weighted by Crippen LogP contribution is -2.36. The van der Waals surface area contributed by atoms with Crippen LogP contribution in [0, 0.1) is 11.3 Å². The summed E-state index contributed by atoms with van der Waals surface area (Å²) in [6, 6.07) is 17.5. The third-order valence-corrected chi connectivity index (χ3v) is 3.44. The van der Waals surface area contributed by atoms with Crippen LogP contribution in [0.5, 0.6) is 5.75 Å². The van der Waals surface area contributed by atoms with Gasteiger partial charge in [0, 0.05) is 13.1 Å². The van der Waals surface area contributed by atoms with E-state index in [2.05, 4.69) is 21.7 Å².